The molecule has 0 aliphatic carbocycles. The number of benzene rings is 2. The topological polar surface area (TPSA) is 111 Å². The maximum Gasteiger partial charge on any atom is 0.270 e. The summed E-state index contributed by atoms with van der Waals surface area (Å²) in [6.07, 6.45) is 1.81. The van der Waals surface area contributed by atoms with E-state index in [0.29, 0.717) is 11.3 Å². The van der Waals surface area contributed by atoms with Crippen LogP contribution in [-0.4, -0.2) is 30.9 Å². The number of nitrogens with one attached hydrogen (secondary N) is 2. The minimum absolute atomic E-state index is 0.0411. The fourth-order valence-corrected chi connectivity index (χ4v) is 2.90. The highest BCUT2D eigenvalue weighted by molar-refractivity contribution is 6.13. The number of hydrogen-bond acceptors (Lipinski definition) is 5. The molecule has 0 atom stereocenters. The molecule has 0 fully saturated rings. The Balaban J connectivity index is 1.66. The van der Waals surface area contributed by atoms with Crippen LogP contribution in [0.25, 0.3) is 0 Å². The second-order valence-corrected chi connectivity index (χ2v) is 6.48. The zero-order chi connectivity index (χ0) is 21.7. The van der Waals surface area contributed by atoms with Crippen molar-refractivity contribution < 1.29 is 18.8 Å². The molecule has 150 valence electrons. The van der Waals surface area contributed by atoms with Crippen molar-refractivity contribution in [1.82, 2.24) is 5.32 Å². The standard InChI is InChI=1S/C22H17FN4O3/c1-25-22(30)20-17(8-9-26-20)21(29)27-16-6-2-13(3-7-16)10-19(28)14-4-5-15(12-24)18(23)11-14/h2-7,9,11H,8,10H2,1H3,(H,25,30)(H,27,29). The second kappa shape index (κ2) is 8.92. The summed E-state index contributed by atoms with van der Waals surface area (Å²) in [5, 5.41) is 13.9. The van der Waals surface area contributed by atoms with E-state index >= 15 is 0 Å². The highest BCUT2D eigenvalue weighted by atomic mass is 19.1. The van der Waals surface area contributed by atoms with Crippen molar-refractivity contribution in [2.45, 2.75) is 12.8 Å². The van der Waals surface area contributed by atoms with Gasteiger partial charge in [-0.15, -0.1) is 0 Å². The minimum Gasteiger partial charge on any atom is -0.354 e. The fraction of sp³-hybridized carbons (Fsp3) is 0.136. The van der Waals surface area contributed by atoms with Crippen LogP contribution < -0.4 is 10.6 Å². The molecule has 30 heavy (non-hydrogen) atoms. The maximum atomic E-state index is 13.7. The van der Waals surface area contributed by atoms with Crippen molar-refractivity contribution in [3.8, 4) is 6.07 Å². The molecule has 2 aromatic carbocycles. The number of hydrogen-bond donors (Lipinski definition) is 2. The lowest BCUT2D eigenvalue weighted by Gasteiger charge is -2.08. The Labute approximate surface area is 171 Å². The van der Waals surface area contributed by atoms with Crippen molar-refractivity contribution in [2.75, 3.05) is 12.4 Å². The lowest BCUT2D eigenvalue weighted by atomic mass is 10.0. The molecule has 2 aromatic rings. The first-order chi connectivity index (χ1) is 14.4. The highest BCUT2D eigenvalue weighted by Crippen LogP contribution is 2.20. The van der Waals surface area contributed by atoms with Gasteiger partial charge in [-0.3, -0.25) is 19.4 Å². The van der Waals surface area contributed by atoms with Gasteiger partial charge in [0.2, 0.25) is 0 Å². The molecule has 0 aromatic heterocycles. The number of amides is 2. The van der Waals surface area contributed by atoms with E-state index in [1.165, 1.54) is 25.4 Å². The largest absolute Gasteiger partial charge is 0.354 e. The zero-order valence-corrected chi connectivity index (χ0v) is 16.0. The molecular formula is C22H17FN4O3. The summed E-state index contributed by atoms with van der Waals surface area (Å²) in [6, 6.07) is 12.1. The molecule has 1 heterocycles. The summed E-state index contributed by atoms with van der Waals surface area (Å²) < 4.78 is 13.7. The number of likely N-dealkylation sites (N-methyl/N-ethyl adjacent to an activating group) is 1. The number of nitrogens with zero attached hydrogens (tertiary/aromatic N) is 2. The number of carbonyl (C=O) groups is 3. The predicted molar refractivity (Wildman–Crippen MR) is 108 cm³/mol. The summed E-state index contributed by atoms with van der Waals surface area (Å²) in [7, 11) is 1.46. The lowest BCUT2D eigenvalue weighted by molar-refractivity contribution is -0.118. The third-order valence-electron chi connectivity index (χ3n) is 4.51. The molecule has 7 nitrogen and oxygen atoms in total. The molecule has 1 aliphatic heterocycles. The Hall–Kier alpha value is -4.12. The first-order valence-electron chi connectivity index (χ1n) is 9.04. The smallest absolute Gasteiger partial charge is 0.270 e. The summed E-state index contributed by atoms with van der Waals surface area (Å²) in [4.78, 5) is 40.5. The summed E-state index contributed by atoms with van der Waals surface area (Å²) in [6.45, 7) is 0. The fourth-order valence-electron chi connectivity index (χ4n) is 2.90. The van der Waals surface area contributed by atoms with E-state index in [9.17, 15) is 18.8 Å². The molecule has 2 N–H and O–H groups in total. The van der Waals surface area contributed by atoms with Gasteiger partial charge in [0.25, 0.3) is 11.8 Å². The number of anilines is 1. The monoisotopic (exact) mass is 404 g/mol. The van der Waals surface area contributed by atoms with E-state index in [1.807, 2.05) is 0 Å². The zero-order valence-electron chi connectivity index (χ0n) is 16.0. The maximum absolute atomic E-state index is 13.7. The number of Topliss-reactive ketones (excluding diaryl/α,β-unsaturated/α-hetero) is 1. The van der Waals surface area contributed by atoms with E-state index in [1.54, 1.807) is 30.3 Å². The van der Waals surface area contributed by atoms with Crippen LogP contribution in [0.5, 0.6) is 0 Å². The van der Waals surface area contributed by atoms with Crippen molar-refractivity contribution >= 4 is 29.5 Å². The van der Waals surface area contributed by atoms with Crippen LogP contribution in [-0.2, 0) is 16.0 Å². The number of halogens is 1. The van der Waals surface area contributed by atoms with Gasteiger partial charge < -0.3 is 10.6 Å². The number of carbonyl (C=O) groups excluding carboxylic acids is 3. The first kappa shape index (κ1) is 20.6. The van der Waals surface area contributed by atoms with E-state index in [4.69, 9.17) is 5.26 Å². The van der Waals surface area contributed by atoms with Crippen LogP contribution in [0, 0.1) is 17.1 Å². The number of ketones is 1. The van der Waals surface area contributed by atoms with Crippen LogP contribution in [0.2, 0.25) is 0 Å². The number of nitriles is 1. The van der Waals surface area contributed by atoms with Crippen molar-refractivity contribution in [3.05, 3.63) is 76.2 Å². The number of rotatable bonds is 6. The van der Waals surface area contributed by atoms with E-state index in [2.05, 4.69) is 15.6 Å². The van der Waals surface area contributed by atoms with E-state index < -0.39 is 17.6 Å². The highest BCUT2D eigenvalue weighted by Gasteiger charge is 2.23. The van der Waals surface area contributed by atoms with Crippen LogP contribution in [0.1, 0.15) is 27.9 Å². The van der Waals surface area contributed by atoms with Gasteiger partial charge in [-0.2, -0.15) is 5.26 Å². The van der Waals surface area contributed by atoms with Crippen molar-refractivity contribution in [2.24, 2.45) is 4.99 Å². The third kappa shape index (κ3) is 4.47. The Morgan fingerprint density at radius 1 is 1.13 bits per heavy atom. The van der Waals surface area contributed by atoms with E-state index in [-0.39, 0.29) is 41.0 Å². The van der Waals surface area contributed by atoms with Crippen LogP contribution in [0.3, 0.4) is 0 Å². The van der Waals surface area contributed by atoms with Crippen molar-refractivity contribution in [1.29, 1.82) is 5.26 Å². The van der Waals surface area contributed by atoms with Crippen LogP contribution in [0.4, 0.5) is 10.1 Å². The van der Waals surface area contributed by atoms with Crippen LogP contribution in [0.15, 0.2) is 58.7 Å². The molecule has 0 unspecified atom stereocenters. The number of aliphatic imine (C=N–C) groups is 1. The Morgan fingerprint density at radius 2 is 1.87 bits per heavy atom. The Morgan fingerprint density at radius 3 is 2.50 bits per heavy atom. The van der Waals surface area contributed by atoms with Crippen molar-refractivity contribution in [3.63, 3.8) is 0 Å². The molecule has 0 spiro atoms. The lowest BCUT2D eigenvalue weighted by Crippen LogP contribution is -2.23. The van der Waals surface area contributed by atoms with Gasteiger partial charge in [0.1, 0.15) is 17.6 Å². The molecule has 8 heteroatoms. The van der Waals surface area contributed by atoms with Crippen LogP contribution >= 0.6 is 0 Å². The SMILES string of the molecule is CNC(=O)C1=C(C(=O)Nc2ccc(CC(=O)c3ccc(C#N)c(F)c3)cc2)CC=N1. The second-order valence-electron chi connectivity index (χ2n) is 6.48. The summed E-state index contributed by atoms with van der Waals surface area (Å²) in [5.74, 6) is -1.88. The van der Waals surface area contributed by atoms with Gasteiger partial charge in [-0.1, -0.05) is 12.1 Å². The van der Waals surface area contributed by atoms with Gasteiger partial charge in [-0.25, -0.2) is 4.39 Å². The first-order valence-corrected chi connectivity index (χ1v) is 9.04. The van der Waals surface area contributed by atoms with Gasteiger partial charge in [-0.05, 0) is 35.9 Å². The minimum atomic E-state index is -0.734. The van der Waals surface area contributed by atoms with Gasteiger partial charge in [0.15, 0.2) is 5.78 Å². The molecule has 0 saturated carbocycles. The molecule has 0 radical (unpaired) electrons. The normalized spacial score (nSPS) is 12.4. The van der Waals surface area contributed by atoms with Gasteiger partial charge in [0, 0.05) is 37.4 Å². The Bertz CT molecular complexity index is 1130. The average Bonchev–Trinajstić information content (AvgIpc) is 3.24. The average molecular weight is 404 g/mol. The predicted octanol–water partition coefficient (Wildman–Crippen LogP) is 2.54. The Kier molecular flexibility index (Phi) is 6.13. The van der Waals surface area contributed by atoms with Gasteiger partial charge in [0.05, 0.1) is 11.1 Å². The van der Waals surface area contributed by atoms with Gasteiger partial charge >= 0.3 is 0 Å². The third-order valence-corrected chi connectivity index (χ3v) is 4.51. The molecule has 2 amide bonds. The molecule has 0 saturated heterocycles. The molecule has 1 aliphatic rings. The molecule has 0 bridgehead atoms. The molecular weight excluding hydrogens is 387 g/mol. The van der Waals surface area contributed by atoms with E-state index in [0.717, 1.165) is 6.07 Å². The quantitative estimate of drug-likeness (QED) is 0.721. The molecule has 3 rings (SSSR count). The summed E-state index contributed by atoms with van der Waals surface area (Å²) >= 11 is 0. The summed E-state index contributed by atoms with van der Waals surface area (Å²) in [5.41, 5.74) is 1.60.